The Kier molecular flexibility index (Phi) is 10.2. The number of benzene rings is 3. The summed E-state index contributed by atoms with van der Waals surface area (Å²) < 4.78 is 10.5. The molecule has 0 N–H and O–H groups in total. The lowest BCUT2D eigenvalue weighted by atomic mass is 10.0. The fourth-order valence-electron chi connectivity index (χ4n) is 2.75. The SMILES string of the molecule is CCOC(OCC)C(=O)c1ccccc1.O=C(Cc1ccccc1)c1ccccc1. The Bertz CT molecular complexity index is 871. The van der Waals surface area contributed by atoms with E-state index in [9.17, 15) is 9.59 Å². The van der Waals surface area contributed by atoms with Crippen LogP contribution in [0.15, 0.2) is 91.0 Å². The van der Waals surface area contributed by atoms with Gasteiger partial charge >= 0.3 is 0 Å². The molecule has 0 aliphatic carbocycles. The van der Waals surface area contributed by atoms with Gasteiger partial charge in [0.25, 0.3) is 0 Å². The number of Topliss-reactive ketones (excluding diaryl/α,β-unsaturated/α-hetero) is 2. The van der Waals surface area contributed by atoms with E-state index in [1.165, 1.54) is 0 Å². The standard InChI is InChI=1S/C14H12O.C12H16O3/c15-14(13-9-5-2-6-10-13)11-12-7-3-1-4-8-12;1-3-14-12(15-4-2)11(13)10-8-6-5-7-9-10/h1-10H,11H2;5-9,12H,3-4H2,1-2H3. The first-order valence-electron chi connectivity index (χ1n) is 10.1. The van der Waals surface area contributed by atoms with Crippen molar-refractivity contribution in [1.82, 2.24) is 0 Å². The minimum absolute atomic E-state index is 0.126. The van der Waals surface area contributed by atoms with E-state index in [-0.39, 0.29) is 11.6 Å². The number of carbonyl (C=O) groups is 2. The Morgan fingerprint density at radius 3 is 1.57 bits per heavy atom. The molecule has 156 valence electrons. The van der Waals surface area contributed by atoms with Crippen LogP contribution in [0.3, 0.4) is 0 Å². The number of hydrogen-bond acceptors (Lipinski definition) is 4. The molecule has 4 nitrogen and oxygen atoms in total. The summed E-state index contributed by atoms with van der Waals surface area (Å²) in [4.78, 5) is 23.7. The van der Waals surface area contributed by atoms with Crippen LogP contribution in [0.4, 0.5) is 0 Å². The van der Waals surface area contributed by atoms with Crippen molar-refractivity contribution in [3.8, 4) is 0 Å². The van der Waals surface area contributed by atoms with Crippen LogP contribution >= 0.6 is 0 Å². The third kappa shape index (κ3) is 7.74. The quantitative estimate of drug-likeness (QED) is 0.355. The minimum atomic E-state index is -0.776. The molecule has 0 aliphatic heterocycles. The molecule has 0 spiro atoms. The van der Waals surface area contributed by atoms with Crippen molar-refractivity contribution in [1.29, 1.82) is 0 Å². The van der Waals surface area contributed by atoms with Gasteiger partial charge in [0.1, 0.15) is 0 Å². The molecule has 30 heavy (non-hydrogen) atoms. The molecule has 0 aromatic heterocycles. The lowest BCUT2D eigenvalue weighted by Gasteiger charge is -2.15. The summed E-state index contributed by atoms with van der Waals surface area (Å²) in [6.07, 6.45) is -0.299. The Morgan fingerprint density at radius 1 is 0.667 bits per heavy atom. The summed E-state index contributed by atoms with van der Waals surface area (Å²) >= 11 is 0. The molecule has 0 aliphatic rings. The van der Waals surface area contributed by atoms with Crippen LogP contribution in [-0.4, -0.2) is 31.1 Å². The molecule has 0 heterocycles. The largest absolute Gasteiger partial charge is 0.346 e. The molecule has 3 aromatic rings. The summed E-state index contributed by atoms with van der Waals surface area (Å²) in [5.74, 6) is 0.0427. The second-order valence-electron chi connectivity index (χ2n) is 6.42. The van der Waals surface area contributed by atoms with Crippen LogP contribution in [0.5, 0.6) is 0 Å². The molecule has 0 unspecified atom stereocenters. The van der Waals surface area contributed by atoms with Gasteiger partial charge in [0.15, 0.2) is 5.78 Å². The molecule has 0 amide bonds. The number of carbonyl (C=O) groups excluding carboxylic acids is 2. The first-order chi connectivity index (χ1) is 14.7. The van der Waals surface area contributed by atoms with Crippen LogP contribution in [0.25, 0.3) is 0 Å². The second-order valence-corrected chi connectivity index (χ2v) is 6.42. The van der Waals surface area contributed by atoms with E-state index in [0.29, 0.717) is 25.2 Å². The highest BCUT2D eigenvalue weighted by atomic mass is 16.7. The van der Waals surface area contributed by atoms with Gasteiger partial charge in [-0.25, -0.2) is 0 Å². The summed E-state index contributed by atoms with van der Waals surface area (Å²) in [6, 6.07) is 28.2. The second kappa shape index (κ2) is 13.2. The zero-order valence-electron chi connectivity index (χ0n) is 17.5. The maximum Gasteiger partial charge on any atom is 0.222 e. The van der Waals surface area contributed by atoms with Crippen molar-refractivity contribution in [3.63, 3.8) is 0 Å². The Hall–Kier alpha value is -3.08. The van der Waals surface area contributed by atoms with Gasteiger partial charge in [0, 0.05) is 30.8 Å². The van der Waals surface area contributed by atoms with E-state index < -0.39 is 6.29 Å². The van der Waals surface area contributed by atoms with Crippen molar-refractivity contribution in [3.05, 3.63) is 108 Å². The number of rotatable bonds is 9. The Morgan fingerprint density at radius 2 is 1.10 bits per heavy atom. The highest BCUT2D eigenvalue weighted by molar-refractivity contribution is 5.98. The van der Waals surface area contributed by atoms with Gasteiger partial charge in [-0.1, -0.05) is 91.0 Å². The minimum Gasteiger partial charge on any atom is -0.346 e. The van der Waals surface area contributed by atoms with Crippen molar-refractivity contribution in [2.24, 2.45) is 0 Å². The molecule has 4 heteroatoms. The highest BCUT2D eigenvalue weighted by Gasteiger charge is 2.19. The molecule has 0 bridgehead atoms. The van der Waals surface area contributed by atoms with Crippen LogP contribution in [0, 0.1) is 0 Å². The smallest absolute Gasteiger partial charge is 0.222 e. The van der Waals surface area contributed by atoms with Crippen molar-refractivity contribution in [2.75, 3.05) is 13.2 Å². The van der Waals surface area contributed by atoms with E-state index in [1.807, 2.05) is 92.7 Å². The number of hydrogen-bond donors (Lipinski definition) is 0. The molecule has 0 saturated carbocycles. The maximum atomic E-state index is 11.9. The van der Waals surface area contributed by atoms with Crippen LogP contribution in [-0.2, 0) is 15.9 Å². The Balaban J connectivity index is 0.000000214. The van der Waals surface area contributed by atoms with Gasteiger partial charge in [-0.05, 0) is 19.4 Å². The maximum absolute atomic E-state index is 11.9. The van der Waals surface area contributed by atoms with Gasteiger partial charge in [0.05, 0.1) is 0 Å². The van der Waals surface area contributed by atoms with Gasteiger partial charge in [0.2, 0.25) is 12.1 Å². The van der Waals surface area contributed by atoms with Crippen LogP contribution in [0.1, 0.15) is 40.1 Å². The molecule has 0 atom stereocenters. The fraction of sp³-hybridized carbons (Fsp3) is 0.231. The zero-order valence-corrected chi connectivity index (χ0v) is 17.5. The van der Waals surface area contributed by atoms with Gasteiger partial charge in [-0.15, -0.1) is 0 Å². The molecule has 3 rings (SSSR count). The molecule has 0 radical (unpaired) electrons. The molecular formula is C26H28O4. The predicted molar refractivity (Wildman–Crippen MR) is 119 cm³/mol. The average Bonchev–Trinajstić information content (AvgIpc) is 2.81. The lowest BCUT2D eigenvalue weighted by Crippen LogP contribution is -2.27. The van der Waals surface area contributed by atoms with Gasteiger partial charge < -0.3 is 9.47 Å². The summed E-state index contributed by atoms with van der Waals surface area (Å²) in [7, 11) is 0. The van der Waals surface area contributed by atoms with E-state index in [4.69, 9.17) is 9.47 Å². The molecule has 0 saturated heterocycles. The number of ether oxygens (including phenoxy) is 2. The monoisotopic (exact) mass is 404 g/mol. The third-order valence-corrected chi connectivity index (χ3v) is 4.21. The van der Waals surface area contributed by atoms with Crippen molar-refractivity contribution < 1.29 is 19.1 Å². The first-order valence-corrected chi connectivity index (χ1v) is 10.1. The summed E-state index contributed by atoms with van der Waals surface area (Å²) in [5.41, 5.74) is 2.46. The Labute approximate surface area is 178 Å². The first kappa shape index (κ1) is 23.2. The van der Waals surface area contributed by atoms with Crippen molar-refractivity contribution >= 4 is 11.6 Å². The van der Waals surface area contributed by atoms with E-state index >= 15 is 0 Å². The zero-order chi connectivity index (χ0) is 21.6. The normalized spacial score (nSPS) is 10.2. The molecule has 0 fully saturated rings. The van der Waals surface area contributed by atoms with Crippen LogP contribution in [0.2, 0.25) is 0 Å². The van der Waals surface area contributed by atoms with E-state index in [1.54, 1.807) is 12.1 Å². The summed E-state index contributed by atoms with van der Waals surface area (Å²) in [5, 5.41) is 0. The molecular weight excluding hydrogens is 376 g/mol. The van der Waals surface area contributed by atoms with Crippen LogP contribution < -0.4 is 0 Å². The molecule has 3 aromatic carbocycles. The van der Waals surface area contributed by atoms with Gasteiger partial charge in [-0.2, -0.15) is 0 Å². The highest BCUT2D eigenvalue weighted by Crippen LogP contribution is 2.08. The number of ketones is 2. The van der Waals surface area contributed by atoms with E-state index in [0.717, 1.165) is 11.1 Å². The average molecular weight is 405 g/mol. The lowest BCUT2D eigenvalue weighted by molar-refractivity contribution is -0.107. The predicted octanol–water partition coefficient (Wildman–Crippen LogP) is 5.38. The summed E-state index contributed by atoms with van der Waals surface area (Å²) in [6.45, 7) is 4.60. The van der Waals surface area contributed by atoms with E-state index in [2.05, 4.69) is 0 Å². The fourth-order valence-corrected chi connectivity index (χ4v) is 2.75. The van der Waals surface area contributed by atoms with Gasteiger partial charge in [-0.3, -0.25) is 9.59 Å². The topological polar surface area (TPSA) is 52.6 Å². The van der Waals surface area contributed by atoms with Crippen molar-refractivity contribution in [2.45, 2.75) is 26.6 Å². The third-order valence-electron chi connectivity index (χ3n) is 4.21.